The van der Waals surface area contributed by atoms with Crippen molar-refractivity contribution in [3.05, 3.63) is 119 Å². The maximum atomic E-state index is 12.7. The summed E-state index contributed by atoms with van der Waals surface area (Å²) in [6.07, 6.45) is 10.5. The zero-order valence-electron chi connectivity index (χ0n) is 43.3. The van der Waals surface area contributed by atoms with Gasteiger partial charge in [0, 0.05) is 123 Å². The number of amides is 2. The highest BCUT2D eigenvalue weighted by atomic mass is 16.5. The van der Waals surface area contributed by atoms with Gasteiger partial charge in [-0.05, 0) is 138 Å². The van der Waals surface area contributed by atoms with E-state index in [1.165, 1.54) is 0 Å². The van der Waals surface area contributed by atoms with Gasteiger partial charge in [0.05, 0.1) is 32.3 Å². The van der Waals surface area contributed by atoms with Gasteiger partial charge in [0.2, 0.25) is 0 Å². The van der Waals surface area contributed by atoms with Crippen LogP contribution >= 0.6 is 0 Å². The SMILES string of the molecule is CNC(=O)c1ccc2ccn(C3CCN(CCc4c(OC)ccc5c4OC(C)(C)CC5=O)CC3)c2c1.CNC(=O)c1ccc2ccn(C3CCN(CCc4c(OC)ccc5c4OC(C)(C)CC5O)CC3)c2c1. The second-order valence-electron chi connectivity index (χ2n) is 21.1. The molecule has 0 saturated carbocycles. The molecule has 72 heavy (non-hydrogen) atoms. The molecule has 3 N–H and O–H groups in total. The monoisotopic (exact) mass is 981 g/mol. The number of fused-ring (bicyclic) bond motifs is 4. The molecule has 1 unspecified atom stereocenters. The van der Waals surface area contributed by atoms with Crippen molar-refractivity contribution in [2.75, 3.05) is 67.6 Å². The zero-order valence-corrected chi connectivity index (χ0v) is 43.3. The fraction of sp³-hybridized carbons (Fsp3) is 0.466. The summed E-state index contributed by atoms with van der Waals surface area (Å²) in [4.78, 5) is 42.0. The van der Waals surface area contributed by atoms with Crippen LogP contribution < -0.4 is 29.6 Å². The molecular weight excluding hydrogens is 909 g/mol. The average molecular weight is 981 g/mol. The highest BCUT2D eigenvalue weighted by molar-refractivity contribution is 6.01. The van der Waals surface area contributed by atoms with Gasteiger partial charge in [-0.25, -0.2) is 0 Å². The second-order valence-corrected chi connectivity index (χ2v) is 21.1. The lowest BCUT2D eigenvalue weighted by molar-refractivity contribution is 0.0102. The number of carbonyl (C=O) groups excluding carboxylic acids is 3. The predicted octanol–water partition coefficient (Wildman–Crippen LogP) is 9.12. The molecule has 2 saturated heterocycles. The smallest absolute Gasteiger partial charge is 0.251 e. The summed E-state index contributed by atoms with van der Waals surface area (Å²) in [6, 6.07) is 24.5. The van der Waals surface area contributed by atoms with Gasteiger partial charge in [0.25, 0.3) is 11.8 Å². The molecule has 4 aliphatic rings. The van der Waals surface area contributed by atoms with Crippen LogP contribution in [0, 0.1) is 0 Å². The number of carbonyl (C=O) groups is 3. The fourth-order valence-electron chi connectivity index (χ4n) is 11.4. The second kappa shape index (κ2) is 21.0. The van der Waals surface area contributed by atoms with E-state index < -0.39 is 17.3 Å². The lowest BCUT2D eigenvalue weighted by Gasteiger charge is -2.37. The standard InChI is InChI=1S/C29H37N3O4.C29H35N3O4/c2*1-29(2)18-25(33)22-7-8-26(35-4)23(27(22)36-29)12-15-31-13-10-21(11-14-31)32-16-9-19-5-6-20(17-24(19)32)28(34)30-3/h5-9,16-17,21,25,33H,10-15,18H2,1-4H3,(H,30,34);5-9,16-17,21H,10-15,18H2,1-4H3,(H,30,34). The minimum Gasteiger partial charge on any atom is -0.496 e. The Morgan fingerprint density at radius 1 is 0.653 bits per heavy atom. The molecule has 2 aromatic heterocycles. The number of aromatic nitrogens is 2. The molecular formula is C58H72N6O8. The molecule has 2 amide bonds. The summed E-state index contributed by atoms with van der Waals surface area (Å²) in [5.41, 5.74) is 6.24. The van der Waals surface area contributed by atoms with Crippen molar-refractivity contribution in [3.8, 4) is 23.0 Å². The number of methoxy groups -OCH3 is 2. The Hall–Kier alpha value is -6.35. The number of piperidine rings is 2. The molecule has 0 radical (unpaired) electrons. The topological polar surface area (TPSA) is 149 Å². The van der Waals surface area contributed by atoms with E-state index in [0.29, 0.717) is 47.4 Å². The zero-order chi connectivity index (χ0) is 50.9. The highest BCUT2D eigenvalue weighted by Gasteiger charge is 2.37. The van der Waals surface area contributed by atoms with E-state index in [4.69, 9.17) is 18.9 Å². The van der Waals surface area contributed by atoms with Crippen molar-refractivity contribution in [2.24, 2.45) is 0 Å². The predicted molar refractivity (Wildman–Crippen MR) is 281 cm³/mol. The third-order valence-electron chi connectivity index (χ3n) is 15.3. The minimum absolute atomic E-state index is 0.0575. The van der Waals surface area contributed by atoms with E-state index in [1.54, 1.807) is 28.3 Å². The number of likely N-dealkylation sites (tertiary alicyclic amines) is 2. The summed E-state index contributed by atoms with van der Waals surface area (Å²) in [5, 5.41) is 18.5. The van der Waals surface area contributed by atoms with Crippen LogP contribution in [0.3, 0.4) is 0 Å². The normalized spacial score (nSPS) is 19.1. The maximum absolute atomic E-state index is 12.7. The quantitative estimate of drug-likeness (QED) is 0.108. The molecule has 14 nitrogen and oxygen atoms in total. The number of hydrogen-bond acceptors (Lipinski definition) is 10. The van der Waals surface area contributed by atoms with E-state index in [1.807, 2.05) is 88.4 Å². The van der Waals surface area contributed by atoms with Gasteiger partial charge in [0.1, 0.15) is 34.2 Å². The molecule has 4 aliphatic heterocycles. The van der Waals surface area contributed by atoms with E-state index in [2.05, 4.69) is 54.1 Å². The number of nitrogens with zero attached hydrogens (tertiary/aromatic N) is 4. The van der Waals surface area contributed by atoms with Gasteiger partial charge < -0.3 is 53.6 Å². The van der Waals surface area contributed by atoms with Crippen molar-refractivity contribution in [1.29, 1.82) is 0 Å². The summed E-state index contributed by atoms with van der Waals surface area (Å²) in [6.45, 7) is 13.7. The lowest BCUT2D eigenvalue weighted by Crippen LogP contribution is -2.37. The van der Waals surface area contributed by atoms with Crippen LogP contribution in [0.4, 0.5) is 0 Å². The molecule has 4 aromatic carbocycles. The molecule has 14 heteroatoms. The van der Waals surface area contributed by atoms with Gasteiger partial charge in [-0.3, -0.25) is 14.4 Å². The lowest BCUT2D eigenvalue weighted by atomic mass is 9.89. The van der Waals surface area contributed by atoms with Crippen molar-refractivity contribution < 1.29 is 38.4 Å². The Bertz CT molecular complexity index is 2960. The average Bonchev–Trinajstić information content (AvgIpc) is 4.01. The van der Waals surface area contributed by atoms with Gasteiger partial charge in [0.15, 0.2) is 5.78 Å². The number of benzene rings is 4. The third-order valence-corrected chi connectivity index (χ3v) is 15.3. The summed E-state index contributed by atoms with van der Waals surface area (Å²) in [7, 11) is 6.69. The molecule has 1 atom stereocenters. The summed E-state index contributed by atoms with van der Waals surface area (Å²) >= 11 is 0. The van der Waals surface area contributed by atoms with Crippen LogP contribution in [-0.4, -0.2) is 120 Å². The van der Waals surface area contributed by atoms with Gasteiger partial charge in [-0.2, -0.15) is 0 Å². The summed E-state index contributed by atoms with van der Waals surface area (Å²) in [5.74, 6) is 3.09. The van der Waals surface area contributed by atoms with Gasteiger partial charge in [-0.15, -0.1) is 0 Å². The van der Waals surface area contributed by atoms with E-state index in [0.717, 1.165) is 134 Å². The van der Waals surface area contributed by atoms with Crippen LogP contribution in [0.15, 0.2) is 85.2 Å². The fourth-order valence-corrected chi connectivity index (χ4v) is 11.4. The Balaban J connectivity index is 0.000000178. The van der Waals surface area contributed by atoms with Gasteiger partial charge >= 0.3 is 0 Å². The van der Waals surface area contributed by atoms with Crippen LogP contribution in [-0.2, 0) is 12.8 Å². The molecule has 6 heterocycles. The van der Waals surface area contributed by atoms with Crippen molar-refractivity contribution in [2.45, 2.75) is 108 Å². The first-order chi connectivity index (χ1) is 34.6. The van der Waals surface area contributed by atoms with E-state index in [9.17, 15) is 19.5 Å². The van der Waals surface area contributed by atoms with Crippen molar-refractivity contribution >= 4 is 39.4 Å². The van der Waals surface area contributed by atoms with Crippen LogP contribution in [0.25, 0.3) is 21.8 Å². The first-order valence-electron chi connectivity index (χ1n) is 25.7. The number of aliphatic hydroxyl groups excluding tert-OH is 1. The highest BCUT2D eigenvalue weighted by Crippen LogP contribution is 2.45. The van der Waals surface area contributed by atoms with Gasteiger partial charge in [-0.1, -0.05) is 12.1 Å². The molecule has 6 aromatic rings. The largest absolute Gasteiger partial charge is 0.496 e. The van der Waals surface area contributed by atoms with Crippen molar-refractivity contribution in [3.63, 3.8) is 0 Å². The number of nitrogens with one attached hydrogen (secondary N) is 2. The van der Waals surface area contributed by atoms with Crippen LogP contribution in [0.2, 0.25) is 0 Å². The molecule has 0 bridgehead atoms. The Kier molecular flexibility index (Phi) is 14.8. The maximum Gasteiger partial charge on any atom is 0.251 e. The minimum atomic E-state index is -0.524. The van der Waals surface area contributed by atoms with Crippen LogP contribution in [0.5, 0.6) is 23.0 Å². The molecule has 382 valence electrons. The molecule has 2 fully saturated rings. The Morgan fingerprint density at radius 2 is 1.12 bits per heavy atom. The van der Waals surface area contributed by atoms with E-state index in [-0.39, 0.29) is 17.6 Å². The first kappa shape index (κ1) is 50.6. The first-order valence-corrected chi connectivity index (χ1v) is 25.7. The molecule has 0 spiro atoms. The number of ketones is 1. The number of ether oxygens (including phenoxy) is 4. The molecule has 0 aliphatic carbocycles. The summed E-state index contributed by atoms with van der Waals surface area (Å²) < 4.78 is 28.7. The number of aliphatic hydroxyl groups is 1. The number of hydrogen-bond donors (Lipinski definition) is 3. The van der Waals surface area contributed by atoms with Crippen LogP contribution in [0.1, 0.15) is 132 Å². The number of rotatable bonds is 12. The molecule has 10 rings (SSSR count). The Morgan fingerprint density at radius 3 is 1.61 bits per heavy atom. The third kappa shape index (κ3) is 10.6. The van der Waals surface area contributed by atoms with E-state index >= 15 is 0 Å². The number of Topliss-reactive ketones (excluding diaryl/α,β-unsaturated/α-hetero) is 1. The Labute approximate surface area is 423 Å². The van der Waals surface area contributed by atoms with Crippen molar-refractivity contribution in [1.82, 2.24) is 29.6 Å².